The molecule has 10 heteroatoms. The molecule has 8 nitrogen and oxygen atoms in total. The Kier molecular flexibility index (Phi) is 9.94. The number of hydrogen-bond donors (Lipinski definition) is 4. The Balaban J connectivity index is 0.00000676. The average molecular weight is 421 g/mol. The molecular formula is C17H29ClN4O4S. The number of nitrogens with one attached hydrogen (secondary N) is 3. The molecule has 1 rings (SSSR count). The van der Waals surface area contributed by atoms with E-state index in [1.807, 2.05) is 13.8 Å². The van der Waals surface area contributed by atoms with E-state index in [9.17, 15) is 18.0 Å². The zero-order valence-corrected chi connectivity index (χ0v) is 17.7. The van der Waals surface area contributed by atoms with Gasteiger partial charge in [0, 0.05) is 24.7 Å². The summed E-state index contributed by atoms with van der Waals surface area (Å²) in [7, 11) is -3.87. The van der Waals surface area contributed by atoms with Crippen LogP contribution in [0.15, 0.2) is 29.2 Å². The van der Waals surface area contributed by atoms with Crippen molar-refractivity contribution in [3.63, 3.8) is 0 Å². The number of rotatable bonds is 9. The lowest BCUT2D eigenvalue weighted by Crippen LogP contribution is -2.53. The number of amides is 2. The summed E-state index contributed by atoms with van der Waals surface area (Å²) in [6, 6.07) is 4.72. The molecule has 0 radical (unpaired) electrons. The van der Waals surface area contributed by atoms with Crippen molar-refractivity contribution in [1.82, 2.24) is 10.0 Å². The van der Waals surface area contributed by atoms with E-state index in [0.717, 1.165) is 0 Å². The quantitative estimate of drug-likeness (QED) is 0.479. The monoisotopic (exact) mass is 420 g/mol. The van der Waals surface area contributed by atoms with Crippen molar-refractivity contribution in [2.75, 3.05) is 11.9 Å². The van der Waals surface area contributed by atoms with Gasteiger partial charge in [-0.3, -0.25) is 9.59 Å². The highest BCUT2D eigenvalue weighted by Gasteiger charge is 2.25. The Bertz CT molecular complexity index is 734. The predicted octanol–water partition coefficient (Wildman–Crippen LogP) is 1.37. The van der Waals surface area contributed by atoms with E-state index in [4.69, 9.17) is 5.73 Å². The number of hydrogen-bond acceptors (Lipinski definition) is 5. The van der Waals surface area contributed by atoms with Crippen LogP contribution < -0.4 is 21.1 Å². The minimum absolute atomic E-state index is 0. The van der Waals surface area contributed by atoms with Gasteiger partial charge in [-0.25, -0.2) is 8.42 Å². The van der Waals surface area contributed by atoms with Gasteiger partial charge in [0.25, 0.3) is 0 Å². The maximum atomic E-state index is 12.4. The van der Waals surface area contributed by atoms with Crippen molar-refractivity contribution < 1.29 is 18.0 Å². The Morgan fingerprint density at radius 3 is 2.11 bits per heavy atom. The van der Waals surface area contributed by atoms with Crippen molar-refractivity contribution in [2.24, 2.45) is 5.73 Å². The summed E-state index contributed by atoms with van der Waals surface area (Å²) in [6.45, 7) is 6.98. The van der Waals surface area contributed by atoms with E-state index >= 15 is 0 Å². The fourth-order valence-electron chi connectivity index (χ4n) is 2.19. The lowest BCUT2D eigenvalue weighted by molar-refractivity contribution is -0.122. The van der Waals surface area contributed by atoms with Gasteiger partial charge in [-0.05, 0) is 44.0 Å². The average Bonchev–Trinajstić information content (AvgIpc) is 2.58. The topological polar surface area (TPSA) is 130 Å². The maximum Gasteiger partial charge on any atom is 0.241 e. The molecule has 0 aliphatic heterocycles. The third-order valence-electron chi connectivity index (χ3n) is 4.23. The van der Waals surface area contributed by atoms with Crippen molar-refractivity contribution in [1.29, 1.82) is 0 Å². The lowest BCUT2D eigenvalue weighted by atomic mass is 9.94. The fraction of sp³-hybridized carbons (Fsp3) is 0.529. The molecular weight excluding hydrogens is 392 g/mol. The molecule has 0 fully saturated rings. The molecule has 5 N–H and O–H groups in total. The number of anilines is 1. The summed E-state index contributed by atoms with van der Waals surface area (Å²) in [6.07, 6.45) is 1.40. The SMILES string of the molecule is CCC(N)(CC)CNC(=O)C(C)NS(=O)(=O)c1ccc(NC(C)=O)cc1.Cl. The van der Waals surface area contributed by atoms with E-state index in [0.29, 0.717) is 18.5 Å². The molecule has 1 aromatic rings. The highest BCUT2D eigenvalue weighted by Crippen LogP contribution is 2.14. The van der Waals surface area contributed by atoms with Crippen LogP contribution in [0.4, 0.5) is 5.69 Å². The van der Waals surface area contributed by atoms with Crippen LogP contribution in [0.3, 0.4) is 0 Å². The van der Waals surface area contributed by atoms with Gasteiger partial charge >= 0.3 is 0 Å². The van der Waals surface area contributed by atoms with Gasteiger partial charge < -0.3 is 16.4 Å². The van der Waals surface area contributed by atoms with Crippen LogP contribution in [0.2, 0.25) is 0 Å². The van der Waals surface area contributed by atoms with E-state index < -0.39 is 27.5 Å². The highest BCUT2D eigenvalue weighted by atomic mass is 35.5. The van der Waals surface area contributed by atoms with Crippen molar-refractivity contribution in [3.8, 4) is 0 Å². The zero-order chi connectivity index (χ0) is 20.0. The number of nitrogens with two attached hydrogens (primary N) is 1. The number of halogens is 1. The lowest BCUT2D eigenvalue weighted by Gasteiger charge is -2.27. The Labute approximate surface area is 167 Å². The summed E-state index contributed by atoms with van der Waals surface area (Å²) in [5, 5.41) is 5.25. The molecule has 0 saturated carbocycles. The molecule has 154 valence electrons. The minimum Gasteiger partial charge on any atom is -0.353 e. The van der Waals surface area contributed by atoms with Crippen LogP contribution >= 0.6 is 12.4 Å². The minimum atomic E-state index is -3.87. The van der Waals surface area contributed by atoms with Gasteiger partial charge in [0.2, 0.25) is 21.8 Å². The first-order chi connectivity index (χ1) is 12.0. The van der Waals surface area contributed by atoms with Gasteiger partial charge in [0.1, 0.15) is 0 Å². The summed E-state index contributed by atoms with van der Waals surface area (Å²) in [5.74, 6) is -0.695. The van der Waals surface area contributed by atoms with E-state index in [1.54, 1.807) is 0 Å². The summed E-state index contributed by atoms with van der Waals surface area (Å²) < 4.78 is 27.1. The molecule has 1 atom stereocenters. The number of benzene rings is 1. The van der Waals surface area contributed by atoms with Crippen LogP contribution in [0.5, 0.6) is 0 Å². The predicted molar refractivity (Wildman–Crippen MR) is 108 cm³/mol. The molecule has 1 aromatic carbocycles. The standard InChI is InChI=1S/C17H28N4O4S.ClH/c1-5-17(18,6-2)11-19-16(23)12(3)21-26(24,25)15-9-7-14(8-10-15)20-13(4)22;/h7-10,12,21H,5-6,11,18H2,1-4H3,(H,19,23)(H,20,22);1H. The molecule has 2 amide bonds. The third kappa shape index (κ3) is 7.84. The van der Waals surface area contributed by atoms with Crippen molar-refractivity contribution in [3.05, 3.63) is 24.3 Å². The fourth-order valence-corrected chi connectivity index (χ4v) is 3.39. The van der Waals surface area contributed by atoms with Gasteiger partial charge in [0.05, 0.1) is 10.9 Å². The van der Waals surface area contributed by atoms with Crippen LogP contribution in [-0.4, -0.2) is 38.4 Å². The smallest absolute Gasteiger partial charge is 0.241 e. The van der Waals surface area contributed by atoms with Gasteiger partial charge in [-0.1, -0.05) is 13.8 Å². The molecule has 0 aromatic heterocycles. The highest BCUT2D eigenvalue weighted by molar-refractivity contribution is 7.89. The normalized spacial score (nSPS) is 12.6. The largest absolute Gasteiger partial charge is 0.353 e. The first kappa shape index (κ1) is 25.3. The van der Waals surface area contributed by atoms with Crippen LogP contribution in [-0.2, 0) is 19.6 Å². The van der Waals surface area contributed by atoms with Crippen LogP contribution in [0.1, 0.15) is 40.5 Å². The van der Waals surface area contributed by atoms with E-state index in [-0.39, 0.29) is 29.8 Å². The molecule has 0 aliphatic rings. The number of sulfonamides is 1. The number of carbonyl (C=O) groups excluding carboxylic acids is 2. The summed E-state index contributed by atoms with van der Waals surface area (Å²) in [5.41, 5.74) is 6.11. The maximum absolute atomic E-state index is 12.4. The van der Waals surface area contributed by atoms with E-state index in [1.165, 1.54) is 38.1 Å². The van der Waals surface area contributed by atoms with Crippen LogP contribution in [0, 0.1) is 0 Å². The van der Waals surface area contributed by atoms with Crippen molar-refractivity contribution in [2.45, 2.75) is 57.0 Å². The second-order valence-corrected chi connectivity index (χ2v) is 8.05. The Morgan fingerprint density at radius 1 is 1.15 bits per heavy atom. The molecule has 0 bridgehead atoms. The third-order valence-corrected chi connectivity index (χ3v) is 5.79. The molecule has 0 aliphatic carbocycles. The molecule has 0 heterocycles. The van der Waals surface area contributed by atoms with Gasteiger partial charge in [-0.2, -0.15) is 4.72 Å². The van der Waals surface area contributed by atoms with Crippen molar-refractivity contribution >= 4 is 39.9 Å². The van der Waals surface area contributed by atoms with Crippen LogP contribution in [0.25, 0.3) is 0 Å². The summed E-state index contributed by atoms with van der Waals surface area (Å²) in [4.78, 5) is 23.2. The Morgan fingerprint density at radius 2 is 1.67 bits per heavy atom. The van der Waals surface area contributed by atoms with Gasteiger partial charge in [0.15, 0.2) is 0 Å². The second kappa shape index (κ2) is 10.6. The second-order valence-electron chi connectivity index (χ2n) is 6.34. The molecule has 0 saturated heterocycles. The zero-order valence-electron chi connectivity index (χ0n) is 16.0. The Hall–Kier alpha value is -1.68. The molecule has 0 spiro atoms. The first-order valence-corrected chi connectivity index (χ1v) is 9.98. The molecule has 1 unspecified atom stereocenters. The number of carbonyl (C=O) groups is 2. The summed E-state index contributed by atoms with van der Waals surface area (Å²) >= 11 is 0. The molecule has 27 heavy (non-hydrogen) atoms. The van der Waals surface area contributed by atoms with Gasteiger partial charge in [-0.15, -0.1) is 12.4 Å². The van der Waals surface area contributed by atoms with E-state index in [2.05, 4.69) is 15.4 Å². The first-order valence-electron chi connectivity index (χ1n) is 8.49.